The Morgan fingerprint density at radius 3 is 2.77 bits per heavy atom. The summed E-state index contributed by atoms with van der Waals surface area (Å²) >= 11 is 0. The summed E-state index contributed by atoms with van der Waals surface area (Å²) in [6.45, 7) is 2.15. The summed E-state index contributed by atoms with van der Waals surface area (Å²) in [6.07, 6.45) is 9.09. The minimum absolute atomic E-state index is 0. The summed E-state index contributed by atoms with van der Waals surface area (Å²) in [5.74, 6) is -0.999. The van der Waals surface area contributed by atoms with Crippen LogP contribution in [0, 0.1) is 0 Å². The van der Waals surface area contributed by atoms with E-state index < -0.39 is 12.1 Å². The Labute approximate surface area is 155 Å². The summed E-state index contributed by atoms with van der Waals surface area (Å²) in [4.78, 5) is 10.3. The molecule has 116 valence electrons. The Kier molecular flexibility index (Phi) is 12.5. The third-order valence-electron chi connectivity index (χ3n) is 3.44. The average Bonchev–Trinajstić information content (AvgIpc) is 2.47. The molecule has 0 heterocycles. The van der Waals surface area contributed by atoms with Gasteiger partial charge in [0.15, 0.2) is 0 Å². The number of allylic oxidation sites excluding steroid dienone is 1. The molecule has 0 aliphatic heterocycles. The van der Waals surface area contributed by atoms with Crippen LogP contribution in [0.1, 0.15) is 69.1 Å². The van der Waals surface area contributed by atoms with Crippen molar-refractivity contribution in [1.29, 1.82) is 0 Å². The SMILES string of the molecule is CCCCC[C@H](O)c1cccc(/C=C\CCCC(=O)[O-])c1.[Na+]. The Morgan fingerprint density at radius 2 is 2.09 bits per heavy atom. The fraction of sp³-hybridized carbons (Fsp3) is 0.500. The number of unbranched alkanes of at least 4 members (excludes halogenated alkanes) is 3. The predicted octanol–water partition coefficient (Wildman–Crippen LogP) is 0.238. The van der Waals surface area contributed by atoms with Crippen molar-refractivity contribution in [3.8, 4) is 0 Å². The molecule has 0 amide bonds. The molecule has 1 aromatic rings. The van der Waals surface area contributed by atoms with Crippen LogP contribution in [0.3, 0.4) is 0 Å². The molecule has 0 saturated carbocycles. The number of carboxylic acids is 1. The number of carboxylic acid groups (broad SMARTS) is 1. The van der Waals surface area contributed by atoms with Crippen molar-refractivity contribution in [1.82, 2.24) is 0 Å². The van der Waals surface area contributed by atoms with Crippen LogP contribution >= 0.6 is 0 Å². The van der Waals surface area contributed by atoms with E-state index in [4.69, 9.17) is 0 Å². The van der Waals surface area contributed by atoms with E-state index in [1.54, 1.807) is 0 Å². The second kappa shape index (κ2) is 12.9. The molecule has 0 fully saturated rings. The number of carbonyl (C=O) groups is 1. The van der Waals surface area contributed by atoms with Gasteiger partial charge in [0.1, 0.15) is 0 Å². The molecule has 0 unspecified atom stereocenters. The van der Waals surface area contributed by atoms with E-state index in [0.29, 0.717) is 6.42 Å². The van der Waals surface area contributed by atoms with Gasteiger partial charge < -0.3 is 15.0 Å². The molecule has 0 aromatic heterocycles. The predicted molar refractivity (Wildman–Crippen MR) is 83.4 cm³/mol. The first kappa shape index (κ1) is 21.4. The molecule has 0 aliphatic rings. The van der Waals surface area contributed by atoms with Gasteiger partial charge in [0.05, 0.1) is 6.10 Å². The molecule has 1 atom stereocenters. The van der Waals surface area contributed by atoms with Crippen molar-refractivity contribution >= 4 is 12.0 Å². The minimum atomic E-state index is -0.999. The molecule has 1 rings (SSSR count). The quantitative estimate of drug-likeness (QED) is 0.497. The standard InChI is InChI=1S/C18H26O3.Na/c1-2-3-5-12-17(19)16-11-8-10-15(14-16)9-6-4-7-13-18(20)21;/h6,8-11,14,17,19H,2-5,7,12-13H2,1H3,(H,20,21);/q;+1/p-1/b9-6-;/t17-;/m0./s1. The second-order valence-corrected chi connectivity index (χ2v) is 5.35. The van der Waals surface area contributed by atoms with Gasteiger partial charge in [-0.3, -0.25) is 0 Å². The maximum Gasteiger partial charge on any atom is 1.00 e. The van der Waals surface area contributed by atoms with Gasteiger partial charge in [-0.2, -0.15) is 0 Å². The van der Waals surface area contributed by atoms with Crippen LogP contribution in [0.25, 0.3) is 6.08 Å². The van der Waals surface area contributed by atoms with Crippen LogP contribution in [-0.2, 0) is 4.79 Å². The minimum Gasteiger partial charge on any atom is -0.550 e. The van der Waals surface area contributed by atoms with Gasteiger partial charge in [0, 0.05) is 5.97 Å². The number of hydrogen-bond acceptors (Lipinski definition) is 3. The maximum absolute atomic E-state index is 10.3. The van der Waals surface area contributed by atoms with Crippen molar-refractivity contribution in [3.05, 3.63) is 41.5 Å². The molecule has 1 aromatic carbocycles. The maximum atomic E-state index is 10.3. The molecule has 1 N–H and O–H groups in total. The van der Waals surface area contributed by atoms with Gasteiger partial charge in [0.25, 0.3) is 0 Å². The van der Waals surface area contributed by atoms with Gasteiger partial charge >= 0.3 is 29.6 Å². The van der Waals surface area contributed by atoms with E-state index in [-0.39, 0.29) is 36.0 Å². The first-order valence-electron chi connectivity index (χ1n) is 7.78. The van der Waals surface area contributed by atoms with Gasteiger partial charge in [-0.1, -0.05) is 56.5 Å². The van der Waals surface area contributed by atoms with Crippen molar-refractivity contribution in [2.24, 2.45) is 0 Å². The number of benzene rings is 1. The number of aliphatic carboxylic acids is 1. The molecule has 4 heteroatoms. The molecule has 0 spiro atoms. The molecule has 3 nitrogen and oxygen atoms in total. The third kappa shape index (κ3) is 9.42. The largest absolute Gasteiger partial charge is 1.00 e. The van der Waals surface area contributed by atoms with Gasteiger partial charge in [-0.15, -0.1) is 0 Å². The second-order valence-electron chi connectivity index (χ2n) is 5.35. The zero-order valence-corrected chi connectivity index (χ0v) is 15.8. The third-order valence-corrected chi connectivity index (χ3v) is 3.44. The number of aliphatic hydroxyl groups is 1. The summed E-state index contributed by atoms with van der Waals surface area (Å²) in [5, 5.41) is 20.4. The Hall–Kier alpha value is -0.610. The monoisotopic (exact) mass is 312 g/mol. The molecule has 22 heavy (non-hydrogen) atoms. The van der Waals surface area contributed by atoms with Crippen LogP contribution < -0.4 is 34.7 Å². The average molecular weight is 312 g/mol. The molecule has 0 radical (unpaired) electrons. The van der Waals surface area contributed by atoms with Gasteiger partial charge in [-0.05, 0) is 42.9 Å². The van der Waals surface area contributed by atoms with Crippen LogP contribution in [0.15, 0.2) is 30.3 Å². The zero-order chi connectivity index (χ0) is 15.5. The van der Waals surface area contributed by atoms with Crippen molar-refractivity contribution < 1.29 is 44.6 Å². The Bertz CT molecular complexity index is 457. The van der Waals surface area contributed by atoms with E-state index >= 15 is 0 Å². The van der Waals surface area contributed by atoms with Crippen molar-refractivity contribution in [3.63, 3.8) is 0 Å². The number of rotatable bonds is 10. The van der Waals surface area contributed by atoms with Crippen molar-refractivity contribution in [2.75, 3.05) is 0 Å². The first-order valence-corrected chi connectivity index (χ1v) is 7.78. The molecular weight excluding hydrogens is 287 g/mol. The van der Waals surface area contributed by atoms with E-state index in [9.17, 15) is 15.0 Å². The Balaban J connectivity index is 0.00000441. The van der Waals surface area contributed by atoms with Crippen LogP contribution in [0.4, 0.5) is 0 Å². The van der Waals surface area contributed by atoms with Gasteiger partial charge in [-0.25, -0.2) is 0 Å². The molecule has 0 saturated heterocycles. The number of carbonyl (C=O) groups excluding carboxylic acids is 1. The fourth-order valence-electron chi connectivity index (χ4n) is 2.21. The topological polar surface area (TPSA) is 60.4 Å². The molecule has 0 bridgehead atoms. The number of aliphatic hydroxyl groups excluding tert-OH is 1. The zero-order valence-electron chi connectivity index (χ0n) is 13.8. The van der Waals surface area contributed by atoms with Crippen LogP contribution in [0.5, 0.6) is 0 Å². The normalized spacial score (nSPS) is 12.1. The molecular formula is C18H25NaO3. The number of hydrogen-bond donors (Lipinski definition) is 1. The van der Waals surface area contributed by atoms with E-state index in [2.05, 4.69) is 6.92 Å². The van der Waals surface area contributed by atoms with Crippen LogP contribution in [-0.4, -0.2) is 11.1 Å². The van der Waals surface area contributed by atoms with E-state index in [1.165, 1.54) is 0 Å². The first-order chi connectivity index (χ1) is 10.1. The summed E-state index contributed by atoms with van der Waals surface area (Å²) in [5.41, 5.74) is 1.98. The van der Waals surface area contributed by atoms with E-state index in [0.717, 1.165) is 43.2 Å². The molecule has 0 aliphatic carbocycles. The van der Waals surface area contributed by atoms with Crippen molar-refractivity contribution in [2.45, 2.75) is 58.0 Å². The van der Waals surface area contributed by atoms with E-state index in [1.807, 2.05) is 36.4 Å². The summed E-state index contributed by atoms with van der Waals surface area (Å²) < 4.78 is 0. The smallest absolute Gasteiger partial charge is 0.550 e. The van der Waals surface area contributed by atoms with Crippen LogP contribution in [0.2, 0.25) is 0 Å². The van der Waals surface area contributed by atoms with Gasteiger partial charge in [0.2, 0.25) is 0 Å². The summed E-state index contributed by atoms with van der Waals surface area (Å²) in [6, 6.07) is 7.87. The summed E-state index contributed by atoms with van der Waals surface area (Å²) in [7, 11) is 0. The Morgan fingerprint density at radius 1 is 1.32 bits per heavy atom. The fourth-order valence-corrected chi connectivity index (χ4v) is 2.21.